The van der Waals surface area contributed by atoms with Crippen molar-refractivity contribution < 1.29 is 24.2 Å². The molecule has 0 bridgehead atoms. The standard InChI is InChI=1S/C12H22N2O5/c1-4-18-5-8(2)13-11(17)14-9-6-19-7-12(9,3)10(15)16/h8-9H,4-7H2,1-3H3,(H,15,16)(H2,13,14,17). The largest absolute Gasteiger partial charge is 0.481 e. The van der Waals surface area contributed by atoms with Crippen molar-refractivity contribution in [2.24, 2.45) is 5.41 Å². The van der Waals surface area contributed by atoms with E-state index in [-0.39, 0.29) is 19.3 Å². The first kappa shape index (κ1) is 15.7. The second kappa shape index (κ2) is 6.72. The minimum absolute atomic E-state index is 0.0990. The zero-order valence-electron chi connectivity index (χ0n) is 11.6. The molecule has 1 fully saturated rings. The molecule has 1 saturated heterocycles. The van der Waals surface area contributed by atoms with E-state index in [2.05, 4.69) is 10.6 Å². The number of rotatable bonds is 6. The summed E-state index contributed by atoms with van der Waals surface area (Å²) >= 11 is 0. The van der Waals surface area contributed by atoms with Crippen LogP contribution in [0.25, 0.3) is 0 Å². The molecular formula is C12H22N2O5. The maximum Gasteiger partial charge on any atom is 0.315 e. The van der Waals surface area contributed by atoms with Crippen LogP contribution >= 0.6 is 0 Å². The molecule has 7 heteroatoms. The van der Waals surface area contributed by atoms with Crippen molar-refractivity contribution in [2.45, 2.75) is 32.9 Å². The van der Waals surface area contributed by atoms with E-state index in [1.54, 1.807) is 6.92 Å². The van der Waals surface area contributed by atoms with Crippen molar-refractivity contribution >= 4 is 12.0 Å². The number of ether oxygens (including phenoxy) is 2. The molecule has 0 saturated carbocycles. The Labute approximate surface area is 112 Å². The number of carbonyl (C=O) groups excluding carboxylic acids is 1. The molecule has 0 spiro atoms. The van der Waals surface area contributed by atoms with Gasteiger partial charge >= 0.3 is 12.0 Å². The highest BCUT2D eigenvalue weighted by Gasteiger charge is 2.47. The second-order valence-corrected chi connectivity index (χ2v) is 4.97. The minimum atomic E-state index is -1.08. The lowest BCUT2D eigenvalue weighted by Crippen LogP contribution is -2.54. The first-order valence-electron chi connectivity index (χ1n) is 6.36. The lowest BCUT2D eigenvalue weighted by Gasteiger charge is -2.26. The van der Waals surface area contributed by atoms with E-state index in [1.165, 1.54) is 0 Å². The fourth-order valence-electron chi connectivity index (χ4n) is 1.85. The molecule has 1 aliphatic rings. The Balaban J connectivity index is 2.46. The molecule has 7 nitrogen and oxygen atoms in total. The molecule has 1 aliphatic heterocycles. The van der Waals surface area contributed by atoms with Gasteiger partial charge in [0.2, 0.25) is 0 Å². The normalized spacial score (nSPS) is 27.8. The number of nitrogens with one attached hydrogen (secondary N) is 2. The van der Waals surface area contributed by atoms with Gasteiger partial charge in [-0.3, -0.25) is 4.79 Å². The summed E-state index contributed by atoms with van der Waals surface area (Å²) < 4.78 is 10.3. The smallest absolute Gasteiger partial charge is 0.315 e. The molecule has 0 aromatic heterocycles. The van der Waals surface area contributed by atoms with Crippen molar-refractivity contribution in [1.29, 1.82) is 0 Å². The topological polar surface area (TPSA) is 96.9 Å². The van der Waals surface area contributed by atoms with Gasteiger partial charge in [0.15, 0.2) is 0 Å². The van der Waals surface area contributed by atoms with Gasteiger partial charge in [0.25, 0.3) is 0 Å². The summed E-state index contributed by atoms with van der Waals surface area (Å²) in [6, 6.07) is -1.09. The highest BCUT2D eigenvalue weighted by molar-refractivity contribution is 5.79. The zero-order valence-corrected chi connectivity index (χ0v) is 11.6. The van der Waals surface area contributed by atoms with Gasteiger partial charge in [-0.05, 0) is 20.8 Å². The molecule has 1 heterocycles. The van der Waals surface area contributed by atoms with Gasteiger partial charge in [-0.15, -0.1) is 0 Å². The van der Waals surface area contributed by atoms with E-state index in [9.17, 15) is 14.7 Å². The van der Waals surface area contributed by atoms with Crippen molar-refractivity contribution in [3.05, 3.63) is 0 Å². The maximum atomic E-state index is 11.8. The summed E-state index contributed by atoms with van der Waals surface area (Å²) in [4.78, 5) is 23.0. The van der Waals surface area contributed by atoms with Crippen molar-refractivity contribution in [1.82, 2.24) is 10.6 Å². The second-order valence-electron chi connectivity index (χ2n) is 4.97. The molecule has 2 amide bonds. The highest BCUT2D eigenvalue weighted by Crippen LogP contribution is 2.28. The average molecular weight is 274 g/mol. The molecule has 110 valence electrons. The Morgan fingerprint density at radius 2 is 2.26 bits per heavy atom. The third-order valence-electron chi connectivity index (χ3n) is 3.20. The summed E-state index contributed by atoms with van der Waals surface area (Å²) in [5.41, 5.74) is -1.08. The third-order valence-corrected chi connectivity index (χ3v) is 3.20. The molecule has 3 atom stereocenters. The molecule has 1 rings (SSSR count). The van der Waals surface area contributed by atoms with E-state index in [4.69, 9.17) is 9.47 Å². The number of aliphatic carboxylic acids is 1. The van der Waals surface area contributed by atoms with Crippen LogP contribution in [0, 0.1) is 5.41 Å². The molecule has 3 N–H and O–H groups in total. The number of hydrogen-bond donors (Lipinski definition) is 3. The van der Waals surface area contributed by atoms with Gasteiger partial charge in [0, 0.05) is 6.61 Å². The van der Waals surface area contributed by atoms with Crippen LogP contribution in [-0.4, -0.2) is 55.6 Å². The van der Waals surface area contributed by atoms with Crippen LogP contribution in [-0.2, 0) is 14.3 Å². The van der Waals surface area contributed by atoms with E-state index in [0.29, 0.717) is 13.2 Å². The molecule has 0 aromatic rings. The molecular weight excluding hydrogens is 252 g/mol. The summed E-state index contributed by atoms with van der Waals surface area (Å²) in [7, 11) is 0. The Kier molecular flexibility index (Phi) is 5.56. The summed E-state index contributed by atoms with van der Waals surface area (Å²) in [5.74, 6) is -0.974. The number of carboxylic acid groups (broad SMARTS) is 1. The third kappa shape index (κ3) is 4.07. The lowest BCUT2D eigenvalue weighted by molar-refractivity contribution is -0.148. The first-order valence-corrected chi connectivity index (χ1v) is 6.36. The van der Waals surface area contributed by atoms with E-state index < -0.39 is 23.5 Å². The molecule has 3 unspecified atom stereocenters. The van der Waals surface area contributed by atoms with E-state index >= 15 is 0 Å². The number of carbonyl (C=O) groups is 2. The van der Waals surface area contributed by atoms with Crippen LogP contribution in [0.3, 0.4) is 0 Å². The van der Waals surface area contributed by atoms with Gasteiger partial charge < -0.3 is 25.2 Å². The van der Waals surface area contributed by atoms with Crippen LogP contribution in [0.4, 0.5) is 4.79 Å². The van der Waals surface area contributed by atoms with Gasteiger partial charge in [0.1, 0.15) is 5.41 Å². The maximum absolute atomic E-state index is 11.8. The SMILES string of the molecule is CCOCC(C)NC(=O)NC1COCC1(C)C(=O)O. The quantitative estimate of drug-likeness (QED) is 0.643. The van der Waals surface area contributed by atoms with Crippen LogP contribution in [0.2, 0.25) is 0 Å². The van der Waals surface area contributed by atoms with Crippen LogP contribution in [0.5, 0.6) is 0 Å². The van der Waals surface area contributed by atoms with E-state index in [0.717, 1.165) is 0 Å². The first-order chi connectivity index (χ1) is 8.90. The zero-order chi connectivity index (χ0) is 14.5. The Bertz CT molecular complexity index is 336. The van der Waals surface area contributed by atoms with Gasteiger partial charge in [-0.25, -0.2) is 4.79 Å². The van der Waals surface area contributed by atoms with Crippen molar-refractivity contribution in [3.8, 4) is 0 Å². The van der Waals surface area contributed by atoms with E-state index in [1.807, 2.05) is 13.8 Å². The minimum Gasteiger partial charge on any atom is -0.481 e. The molecule has 0 radical (unpaired) electrons. The van der Waals surface area contributed by atoms with Gasteiger partial charge in [-0.1, -0.05) is 0 Å². The average Bonchev–Trinajstić information content (AvgIpc) is 2.69. The monoisotopic (exact) mass is 274 g/mol. The summed E-state index contributed by atoms with van der Waals surface area (Å²) in [6.07, 6.45) is 0. The fraction of sp³-hybridized carbons (Fsp3) is 0.833. The van der Waals surface area contributed by atoms with Crippen LogP contribution in [0.15, 0.2) is 0 Å². The Hall–Kier alpha value is -1.34. The van der Waals surface area contributed by atoms with Gasteiger partial charge in [0.05, 0.1) is 31.9 Å². The number of amides is 2. The number of hydrogen-bond acceptors (Lipinski definition) is 4. The predicted molar refractivity (Wildman–Crippen MR) is 68.0 cm³/mol. The van der Waals surface area contributed by atoms with Crippen molar-refractivity contribution in [3.63, 3.8) is 0 Å². The Morgan fingerprint density at radius 1 is 1.58 bits per heavy atom. The predicted octanol–water partition coefficient (Wildman–Crippen LogP) is 0.200. The summed E-state index contributed by atoms with van der Waals surface area (Å²) in [5, 5.41) is 14.5. The number of urea groups is 1. The fourth-order valence-corrected chi connectivity index (χ4v) is 1.85. The number of carboxylic acids is 1. The van der Waals surface area contributed by atoms with Crippen molar-refractivity contribution in [2.75, 3.05) is 26.4 Å². The molecule has 0 aromatic carbocycles. The lowest BCUT2D eigenvalue weighted by atomic mass is 9.85. The van der Waals surface area contributed by atoms with Crippen LogP contribution < -0.4 is 10.6 Å². The summed E-state index contributed by atoms with van der Waals surface area (Å²) in [6.45, 7) is 6.56. The molecule has 19 heavy (non-hydrogen) atoms. The Morgan fingerprint density at radius 3 is 2.84 bits per heavy atom. The van der Waals surface area contributed by atoms with Crippen LogP contribution in [0.1, 0.15) is 20.8 Å². The molecule has 0 aliphatic carbocycles. The van der Waals surface area contributed by atoms with Gasteiger partial charge in [-0.2, -0.15) is 0 Å². The highest BCUT2D eigenvalue weighted by atomic mass is 16.5.